The van der Waals surface area contributed by atoms with Crippen LogP contribution in [0.3, 0.4) is 0 Å². The lowest BCUT2D eigenvalue weighted by Gasteiger charge is -2.33. The Bertz CT molecular complexity index is 1440. The number of esters is 1. The van der Waals surface area contributed by atoms with Crippen LogP contribution in [0, 0.1) is 10.8 Å². The van der Waals surface area contributed by atoms with Crippen LogP contribution in [-0.2, 0) is 26.0 Å². The first kappa shape index (κ1) is 29.4. The molecule has 40 heavy (non-hydrogen) atoms. The average molecular weight is 588 g/mol. The number of nitrogens with two attached hydrogens (primary N) is 1. The zero-order valence-electron chi connectivity index (χ0n) is 22.5. The van der Waals surface area contributed by atoms with Crippen LogP contribution in [0.5, 0.6) is 5.75 Å². The summed E-state index contributed by atoms with van der Waals surface area (Å²) >= 11 is 6.61. The molecule has 0 saturated carbocycles. The van der Waals surface area contributed by atoms with E-state index < -0.39 is 27.8 Å². The highest BCUT2D eigenvalue weighted by atomic mass is 35.5. The van der Waals surface area contributed by atoms with Crippen molar-refractivity contribution in [3.8, 4) is 5.75 Å². The van der Waals surface area contributed by atoms with Gasteiger partial charge in [-0.15, -0.1) is 0 Å². The molecule has 2 aliphatic heterocycles. The number of nitrogens with zero attached hydrogens (tertiary/aromatic N) is 2. The summed E-state index contributed by atoms with van der Waals surface area (Å²) in [6.45, 7) is 4.91. The van der Waals surface area contributed by atoms with Crippen molar-refractivity contribution < 1.29 is 22.7 Å². The smallest absolute Gasteiger partial charge is 0.323 e. The van der Waals surface area contributed by atoms with Crippen molar-refractivity contribution in [2.75, 3.05) is 29.8 Å². The Morgan fingerprint density at radius 1 is 1.20 bits per heavy atom. The standard InChI is InChI=1S/C28H34ClN5O5S/c1-3-38-27(35)17-40(36,37)34-22(8-7-19-5-4-6-20(13-19)28(31)32)14-21-15-26(24(29)16-25(21)34)39-23-9-11-33(12-10-23)18(2)30/h4-8,13,15-16,22-23,30H,3,9-12,14,17H2,1-2H3,(H3,31,32)/b8-7+,30-18?. The third-order valence-corrected chi connectivity index (χ3v) is 8.89. The third kappa shape index (κ3) is 6.76. The number of benzene rings is 2. The molecule has 0 bridgehead atoms. The zero-order chi connectivity index (χ0) is 29.0. The molecule has 1 saturated heterocycles. The van der Waals surface area contributed by atoms with E-state index in [1.165, 1.54) is 4.31 Å². The summed E-state index contributed by atoms with van der Waals surface area (Å²) in [7, 11) is -4.11. The largest absolute Gasteiger partial charge is 0.489 e. The van der Waals surface area contributed by atoms with Crippen LogP contribution in [0.1, 0.15) is 43.4 Å². The number of sulfonamides is 1. The Morgan fingerprint density at radius 2 is 1.93 bits per heavy atom. The van der Waals surface area contributed by atoms with E-state index in [9.17, 15) is 13.2 Å². The molecule has 2 aliphatic rings. The van der Waals surface area contributed by atoms with Crippen molar-refractivity contribution in [1.29, 1.82) is 10.8 Å². The molecule has 1 unspecified atom stereocenters. The molecule has 12 heteroatoms. The Morgan fingerprint density at radius 3 is 2.58 bits per heavy atom. The van der Waals surface area contributed by atoms with Crippen molar-refractivity contribution in [3.63, 3.8) is 0 Å². The second-order valence-electron chi connectivity index (χ2n) is 9.83. The number of ether oxygens (including phenoxy) is 2. The lowest BCUT2D eigenvalue weighted by molar-refractivity contribution is -0.139. The van der Waals surface area contributed by atoms with Gasteiger partial charge >= 0.3 is 5.97 Å². The van der Waals surface area contributed by atoms with Gasteiger partial charge in [0, 0.05) is 31.5 Å². The molecule has 1 fully saturated rings. The van der Waals surface area contributed by atoms with Gasteiger partial charge < -0.3 is 20.1 Å². The SMILES string of the molecule is CCOC(=O)CS(=O)(=O)N1c2cc(Cl)c(OC3CCN(C(C)=N)CC3)cc2CC1/C=C/c1cccc(C(=N)N)c1. The molecule has 2 aromatic carbocycles. The summed E-state index contributed by atoms with van der Waals surface area (Å²) in [5.41, 5.74) is 8.04. The average Bonchev–Trinajstić information content (AvgIpc) is 3.26. The minimum absolute atomic E-state index is 0.0667. The Labute approximate surface area is 239 Å². The van der Waals surface area contributed by atoms with Gasteiger partial charge in [0.2, 0.25) is 10.0 Å². The van der Waals surface area contributed by atoms with Crippen molar-refractivity contribution in [2.45, 2.75) is 45.3 Å². The normalized spacial score (nSPS) is 17.6. The summed E-state index contributed by atoms with van der Waals surface area (Å²) in [5.74, 6) is -0.684. The van der Waals surface area contributed by atoms with E-state index in [0.29, 0.717) is 29.3 Å². The fourth-order valence-electron chi connectivity index (χ4n) is 4.97. The van der Waals surface area contributed by atoms with Crippen molar-refractivity contribution in [3.05, 3.63) is 64.2 Å². The molecule has 0 aliphatic carbocycles. The molecule has 0 aromatic heterocycles. The monoisotopic (exact) mass is 587 g/mol. The maximum absolute atomic E-state index is 13.5. The first-order chi connectivity index (χ1) is 19.0. The first-order valence-corrected chi connectivity index (χ1v) is 15.1. The predicted octanol–water partition coefficient (Wildman–Crippen LogP) is 3.80. The van der Waals surface area contributed by atoms with Crippen LogP contribution in [0.15, 0.2) is 42.5 Å². The quantitative estimate of drug-likeness (QED) is 0.229. The lowest BCUT2D eigenvalue weighted by Crippen LogP contribution is -2.40. The molecule has 1 atom stereocenters. The van der Waals surface area contributed by atoms with Crippen molar-refractivity contribution >= 4 is 51.0 Å². The molecule has 0 spiro atoms. The van der Waals surface area contributed by atoms with E-state index in [1.54, 1.807) is 56.3 Å². The van der Waals surface area contributed by atoms with Gasteiger partial charge in [0.25, 0.3) is 0 Å². The van der Waals surface area contributed by atoms with Crippen LogP contribution < -0.4 is 14.8 Å². The van der Waals surface area contributed by atoms with E-state index >= 15 is 0 Å². The van der Waals surface area contributed by atoms with E-state index in [4.69, 9.17) is 37.6 Å². The van der Waals surface area contributed by atoms with Gasteiger partial charge in [-0.3, -0.25) is 19.9 Å². The molecule has 4 N–H and O–H groups in total. The highest BCUT2D eigenvalue weighted by Crippen LogP contribution is 2.42. The molecule has 2 heterocycles. The fourth-order valence-corrected chi connectivity index (χ4v) is 6.72. The summed E-state index contributed by atoms with van der Waals surface area (Å²) in [5, 5.41) is 15.8. The van der Waals surface area contributed by atoms with Gasteiger partial charge in [-0.25, -0.2) is 8.42 Å². The third-order valence-electron chi connectivity index (χ3n) is 6.92. The second kappa shape index (κ2) is 12.3. The van der Waals surface area contributed by atoms with Crippen LogP contribution in [0.25, 0.3) is 6.08 Å². The number of halogens is 1. The number of carbonyl (C=O) groups is 1. The Kier molecular flexibility index (Phi) is 9.05. The number of amidine groups is 2. The summed E-state index contributed by atoms with van der Waals surface area (Å²) in [4.78, 5) is 14.2. The van der Waals surface area contributed by atoms with Gasteiger partial charge in [-0.2, -0.15) is 0 Å². The van der Waals surface area contributed by atoms with Gasteiger partial charge in [0.15, 0.2) is 5.75 Å². The number of likely N-dealkylation sites (tertiary alicyclic amines) is 1. The van der Waals surface area contributed by atoms with Gasteiger partial charge in [-0.05, 0) is 49.6 Å². The van der Waals surface area contributed by atoms with E-state index in [-0.39, 0.29) is 23.6 Å². The van der Waals surface area contributed by atoms with E-state index in [1.807, 2.05) is 11.0 Å². The number of carbonyl (C=O) groups excluding carboxylic acids is 1. The minimum Gasteiger partial charge on any atom is -0.489 e. The molecule has 2 aromatic rings. The van der Waals surface area contributed by atoms with Crippen LogP contribution in [0.2, 0.25) is 5.02 Å². The Balaban J connectivity index is 1.63. The number of fused-ring (bicyclic) bond motifs is 1. The molecule has 4 rings (SSSR count). The summed E-state index contributed by atoms with van der Waals surface area (Å²) < 4.78 is 39.4. The number of piperidine rings is 1. The minimum atomic E-state index is -4.11. The van der Waals surface area contributed by atoms with Crippen LogP contribution >= 0.6 is 11.6 Å². The maximum Gasteiger partial charge on any atom is 0.323 e. The topological polar surface area (TPSA) is 150 Å². The first-order valence-electron chi connectivity index (χ1n) is 13.1. The number of anilines is 1. The van der Waals surface area contributed by atoms with Gasteiger partial charge in [-0.1, -0.05) is 42.0 Å². The number of nitrogen functional groups attached to an aromatic ring is 1. The molecule has 0 amide bonds. The fraction of sp³-hybridized carbons (Fsp3) is 0.393. The number of hydrogen-bond acceptors (Lipinski definition) is 7. The predicted molar refractivity (Wildman–Crippen MR) is 157 cm³/mol. The van der Waals surface area contributed by atoms with Gasteiger partial charge in [0.05, 0.1) is 29.2 Å². The van der Waals surface area contributed by atoms with E-state index in [0.717, 1.165) is 37.1 Å². The number of hydrogen-bond donors (Lipinski definition) is 3. The van der Waals surface area contributed by atoms with Crippen LogP contribution in [-0.4, -0.2) is 68.6 Å². The van der Waals surface area contributed by atoms with Crippen molar-refractivity contribution in [2.24, 2.45) is 5.73 Å². The molecule has 0 radical (unpaired) electrons. The molecule has 10 nitrogen and oxygen atoms in total. The highest BCUT2D eigenvalue weighted by Gasteiger charge is 2.39. The maximum atomic E-state index is 13.5. The highest BCUT2D eigenvalue weighted by molar-refractivity contribution is 7.93. The zero-order valence-corrected chi connectivity index (χ0v) is 24.1. The van der Waals surface area contributed by atoms with E-state index in [2.05, 4.69) is 0 Å². The lowest BCUT2D eigenvalue weighted by atomic mass is 10.1. The number of rotatable bonds is 9. The van der Waals surface area contributed by atoms with Crippen molar-refractivity contribution in [1.82, 2.24) is 4.90 Å². The molecule has 214 valence electrons. The van der Waals surface area contributed by atoms with Gasteiger partial charge in [0.1, 0.15) is 17.7 Å². The summed E-state index contributed by atoms with van der Waals surface area (Å²) in [6.07, 6.45) is 5.29. The van der Waals surface area contributed by atoms with Crippen LogP contribution in [0.4, 0.5) is 5.69 Å². The molecular weight excluding hydrogens is 554 g/mol. The summed E-state index contributed by atoms with van der Waals surface area (Å²) in [6, 6.07) is 9.80. The second-order valence-corrected chi connectivity index (χ2v) is 12.1. The molecular formula is C28H34ClN5O5S. The Hall–Kier alpha value is -3.57. The number of nitrogens with one attached hydrogen (secondary N) is 2.